The summed E-state index contributed by atoms with van der Waals surface area (Å²) in [7, 11) is 0. The van der Waals surface area contributed by atoms with Gasteiger partial charge in [-0.3, -0.25) is 14.4 Å². The number of benzene rings is 1. The molecular weight excluding hydrogens is 285 g/mol. The molecule has 112 valence electrons. The first-order valence-electron chi connectivity index (χ1n) is 6.04. The van der Waals surface area contributed by atoms with Crippen molar-refractivity contribution in [3.8, 4) is 0 Å². The standard InChI is InChI=1S/C15H13F3O3/c1-3-12(19)11(14(21)15(16,17)18)8-13(20)10-6-4-9(2)5-7-10/h3-7,11H,1,8H2,2H3. The highest BCUT2D eigenvalue weighted by atomic mass is 19.4. The summed E-state index contributed by atoms with van der Waals surface area (Å²) in [5.41, 5.74) is 1.02. The lowest BCUT2D eigenvalue weighted by molar-refractivity contribution is -0.176. The van der Waals surface area contributed by atoms with Gasteiger partial charge >= 0.3 is 6.18 Å². The van der Waals surface area contributed by atoms with Gasteiger partial charge in [0, 0.05) is 12.0 Å². The van der Waals surface area contributed by atoms with Crippen LogP contribution in [-0.2, 0) is 9.59 Å². The van der Waals surface area contributed by atoms with Crippen LogP contribution >= 0.6 is 0 Å². The minimum absolute atomic E-state index is 0.150. The number of aryl methyl sites for hydroxylation is 1. The molecule has 6 heteroatoms. The fourth-order valence-corrected chi connectivity index (χ4v) is 1.71. The van der Waals surface area contributed by atoms with E-state index in [-0.39, 0.29) is 5.56 Å². The summed E-state index contributed by atoms with van der Waals surface area (Å²) >= 11 is 0. The molecule has 0 amide bonds. The normalized spacial score (nSPS) is 12.6. The molecule has 0 aliphatic carbocycles. The van der Waals surface area contributed by atoms with Gasteiger partial charge in [0.25, 0.3) is 0 Å². The number of Topliss-reactive ketones (excluding diaryl/α,β-unsaturated/α-hetero) is 2. The Labute approximate surface area is 119 Å². The van der Waals surface area contributed by atoms with Crippen molar-refractivity contribution in [1.29, 1.82) is 0 Å². The molecule has 0 fully saturated rings. The van der Waals surface area contributed by atoms with E-state index in [2.05, 4.69) is 6.58 Å². The van der Waals surface area contributed by atoms with Crippen LogP contribution in [0.5, 0.6) is 0 Å². The van der Waals surface area contributed by atoms with Crippen LogP contribution in [0.25, 0.3) is 0 Å². The molecule has 1 aromatic rings. The van der Waals surface area contributed by atoms with E-state index in [0.717, 1.165) is 5.56 Å². The summed E-state index contributed by atoms with van der Waals surface area (Å²) in [5.74, 6) is -6.12. The van der Waals surface area contributed by atoms with E-state index < -0.39 is 35.9 Å². The van der Waals surface area contributed by atoms with Gasteiger partial charge in [-0.15, -0.1) is 0 Å². The molecule has 0 saturated heterocycles. The number of carbonyl (C=O) groups excluding carboxylic acids is 3. The molecular formula is C15H13F3O3. The SMILES string of the molecule is C=CC(=O)C(CC(=O)c1ccc(C)cc1)C(=O)C(F)(F)F. The summed E-state index contributed by atoms with van der Waals surface area (Å²) in [6.45, 7) is 4.84. The Bertz CT molecular complexity index is 571. The van der Waals surface area contributed by atoms with E-state index in [4.69, 9.17) is 0 Å². The Morgan fingerprint density at radius 3 is 2.14 bits per heavy atom. The number of ketones is 3. The van der Waals surface area contributed by atoms with Gasteiger partial charge < -0.3 is 0 Å². The molecule has 0 heterocycles. The predicted octanol–water partition coefficient (Wildman–Crippen LogP) is 3.07. The summed E-state index contributed by atoms with van der Waals surface area (Å²) in [5, 5.41) is 0. The second kappa shape index (κ2) is 6.47. The third kappa shape index (κ3) is 4.37. The van der Waals surface area contributed by atoms with Crippen LogP contribution in [0.3, 0.4) is 0 Å². The molecule has 0 aromatic heterocycles. The zero-order valence-corrected chi connectivity index (χ0v) is 11.2. The number of rotatable bonds is 6. The van der Waals surface area contributed by atoms with E-state index in [1.165, 1.54) is 12.1 Å². The third-order valence-electron chi connectivity index (χ3n) is 2.90. The molecule has 0 spiro atoms. The Morgan fingerprint density at radius 1 is 1.19 bits per heavy atom. The minimum Gasteiger partial charge on any atom is -0.294 e. The van der Waals surface area contributed by atoms with Gasteiger partial charge in [0.1, 0.15) is 0 Å². The van der Waals surface area contributed by atoms with Crippen LogP contribution in [-0.4, -0.2) is 23.5 Å². The maximum absolute atomic E-state index is 12.5. The van der Waals surface area contributed by atoms with Crippen molar-refractivity contribution < 1.29 is 27.6 Å². The van der Waals surface area contributed by atoms with Crippen LogP contribution in [0, 0.1) is 12.8 Å². The molecule has 1 rings (SSSR count). The molecule has 0 radical (unpaired) electrons. The van der Waals surface area contributed by atoms with Gasteiger partial charge in [0.05, 0.1) is 5.92 Å². The van der Waals surface area contributed by atoms with Crippen molar-refractivity contribution in [2.24, 2.45) is 5.92 Å². The van der Waals surface area contributed by atoms with E-state index in [9.17, 15) is 27.6 Å². The number of halogens is 3. The Morgan fingerprint density at radius 2 is 1.71 bits per heavy atom. The van der Waals surface area contributed by atoms with Gasteiger partial charge in [-0.1, -0.05) is 36.4 Å². The Kier molecular flexibility index (Phi) is 5.18. The number of allylic oxidation sites excluding steroid dienone is 1. The van der Waals surface area contributed by atoms with Crippen molar-refractivity contribution in [3.63, 3.8) is 0 Å². The quantitative estimate of drug-likeness (QED) is 0.461. The zero-order valence-electron chi connectivity index (χ0n) is 11.2. The molecule has 3 nitrogen and oxygen atoms in total. The largest absolute Gasteiger partial charge is 0.450 e. The summed E-state index contributed by atoms with van der Waals surface area (Å²) < 4.78 is 37.4. The number of hydrogen-bond donors (Lipinski definition) is 0. The molecule has 1 unspecified atom stereocenters. The van der Waals surface area contributed by atoms with Crippen LogP contribution in [0.15, 0.2) is 36.9 Å². The lowest BCUT2D eigenvalue weighted by Crippen LogP contribution is -2.36. The molecule has 0 aliphatic heterocycles. The van der Waals surface area contributed by atoms with Gasteiger partial charge in [0.2, 0.25) is 5.78 Å². The highest BCUT2D eigenvalue weighted by Gasteiger charge is 2.46. The second-order valence-electron chi connectivity index (χ2n) is 4.51. The van der Waals surface area contributed by atoms with Gasteiger partial charge in [-0.2, -0.15) is 13.2 Å². The smallest absolute Gasteiger partial charge is 0.294 e. The van der Waals surface area contributed by atoms with E-state index in [1.54, 1.807) is 19.1 Å². The van der Waals surface area contributed by atoms with Gasteiger partial charge in [-0.25, -0.2) is 0 Å². The van der Waals surface area contributed by atoms with Gasteiger partial charge in [0.15, 0.2) is 11.6 Å². The summed E-state index contributed by atoms with van der Waals surface area (Å²) in [6.07, 6.45) is -5.38. The van der Waals surface area contributed by atoms with Crippen LogP contribution in [0.2, 0.25) is 0 Å². The molecule has 21 heavy (non-hydrogen) atoms. The topological polar surface area (TPSA) is 51.2 Å². The lowest BCUT2D eigenvalue weighted by atomic mass is 9.90. The van der Waals surface area contributed by atoms with E-state index in [1.807, 2.05) is 0 Å². The van der Waals surface area contributed by atoms with Gasteiger partial charge in [-0.05, 0) is 13.0 Å². The first kappa shape index (κ1) is 16.8. The third-order valence-corrected chi connectivity index (χ3v) is 2.90. The molecule has 0 N–H and O–H groups in total. The van der Waals surface area contributed by atoms with Crippen molar-refractivity contribution in [2.75, 3.05) is 0 Å². The highest BCUT2D eigenvalue weighted by Crippen LogP contribution is 2.25. The zero-order chi connectivity index (χ0) is 16.2. The number of alkyl halides is 3. The van der Waals surface area contributed by atoms with Crippen LogP contribution in [0.1, 0.15) is 22.3 Å². The average Bonchev–Trinajstić information content (AvgIpc) is 2.42. The Balaban J connectivity index is 2.99. The first-order chi connectivity index (χ1) is 9.66. The summed E-state index contributed by atoms with van der Waals surface area (Å²) in [4.78, 5) is 34.6. The summed E-state index contributed by atoms with van der Waals surface area (Å²) in [6, 6.07) is 6.10. The van der Waals surface area contributed by atoms with Crippen molar-refractivity contribution in [1.82, 2.24) is 0 Å². The molecule has 0 aliphatic rings. The molecule has 1 aromatic carbocycles. The first-order valence-corrected chi connectivity index (χ1v) is 6.04. The monoisotopic (exact) mass is 298 g/mol. The fraction of sp³-hybridized carbons (Fsp3) is 0.267. The predicted molar refractivity (Wildman–Crippen MR) is 69.9 cm³/mol. The van der Waals surface area contributed by atoms with E-state index >= 15 is 0 Å². The number of hydrogen-bond acceptors (Lipinski definition) is 3. The molecule has 1 atom stereocenters. The van der Waals surface area contributed by atoms with Crippen molar-refractivity contribution in [2.45, 2.75) is 19.5 Å². The second-order valence-corrected chi connectivity index (χ2v) is 4.51. The Hall–Kier alpha value is -2.24. The van der Waals surface area contributed by atoms with Crippen LogP contribution < -0.4 is 0 Å². The van der Waals surface area contributed by atoms with Crippen molar-refractivity contribution >= 4 is 17.3 Å². The molecule has 0 bridgehead atoms. The minimum atomic E-state index is -5.17. The average molecular weight is 298 g/mol. The maximum atomic E-state index is 12.5. The van der Waals surface area contributed by atoms with Crippen molar-refractivity contribution in [3.05, 3.63) is 48.0 Å². The maximum Gasteiger partial charge on any atom is 0.450 e. The fourth-order valence-electron chi connectivity index (χ4n) is 1.71. The highest BCUT2D eigenvalue weighted by molar-refractivity contribution is 6.12. The van der Waals surface area contributed by atoms with Crippen LogP contribution in [0.4, 0.5) is 13.2 Å². The number of carbonyl (C=O) groups is 3. The molecule has 0 saturated carbocycles. The lowest BCUT2D eigenvalue weighted by Gasteiger charge is -2.14. The van der Waals surface area contributed by atoms with E-state index in [0.29, 0.717) is 6.08 Å².